The van der Waals surface area contributed by atoms with Crippen LogP contribution in [0.4, 0.5) is 13.2 Å². The number of carbonyl (C=O) groups is 1. The molecule has 0 saturated carbocycles. The highest BCUT2D eigenvalue weighted by atomic mass is 32.2. The number of pyridine rings is 1. The number of alkyl halides is 3. The number of aromatic nitrogens is 1. The number of aliphatic carboxylic acids is 1. The van der Waals surface area contributed by atoms with Crippen molar-refractivity contribution in [3.63, 3.8) is 0 Å². The van der Waals surface area contributed by atoms with Crippen molar-refractivity contribution in [2.45, 2.75) is 18.1 Å². The molecule has 1 rings (SSSR count). The molecule has 0 aliphatic heterocycles. The van der Waals surface area contributed by atoms with Gasteiger partial charge in [0.05, 0.1) is 11.5 Å². The minimum absolute atomic E-state index is 0.00408. The first-order chi connectivity index (χ1) is 8.75. The highest BCUT2D eigenvalue weighted by Crippen LogP contribution is 2.31. The fourth-order valence-corrected chi connectivity index (χ4v) is 2.05. The van der Waals surface area contributed by atoms with Crippen LogP contribution in [0.5, 0.6) is 0 Å². The maximum atomic E-state index is 12.5. The lowest BCUT2D eigenvalue weighted by atomic mass is 10.2. The summed E-state index contributed by atoms with van der Waals surface area (Å²) in [5, 5.41) is 17.4. The molecule has 1 atom stereocenters. The van der Waals surface area contributed by atoms with Crippen LogP contribution in [-0.2, 0) is 11.0 Å². The lowest BCUT2D eigenvalue weighted by molar-refractivity contribution is -0.142. The van der Waals surface area contributed by atoms with Gasteiger partial charge >= 0.3 is 12.1 Å². The smallest absolute Gasteiger partial charge is 0.433 e. The zero-order valence-corrected chi connectivity index (χ0v) is 10.5. The van der Waals surface area contributed by atoms with Gasteiger partial charge in [-0.3, -0.25) is 4.79 Å². The Morgan fingerprint density at radius 2 is 2.21 bits per heavy atom. The van der Waals surface area contributed by atoms with Crippen LogP contribution in [-0.4, -0.2) is 21.8 Å². The Hall–Kier alpha value is -1.75. The number of nitrogens with zero attached hydrogens (tertiary/aromatic N) is 2. The van der Waals surface area contributed by atoms with Crippen LogP contribution in [0.2, 0.25) is 0 Å². The average Bonchev–Trinajstić information content (AvgIpc) is 2.34. The number of halogens is 3. The molecule has 19 heavy (non-hydrogen) atoms. The minimum Gasteiger partial charge on any atom is -0.481 e. The van der Waals surface area contributed by atoms with E-state index >= 15 is 0 Å². The van der Waals surface area contributed by atoms with Crippen LogP contribution in [0.15, 0.2) is 17.2 Å². The number of thioether (sulfide) groups is 1. The highest BCUT2D eigenvalue weighted by Gasteiger charge is 2.33. The van der Waals surface area contributed by atoms with Crippen LogP contribution in [0.3, 0.4) is 0 Å². The Morgan fingerprint density at radius 1 is 1.58 bits per heavy atom. The van der Waals surface area contributed by atoms with Crippen molar-refractivity contribution >= 4 is 17.7 Å². The summed E-state index contributed by atoms with van der Waals surface area (Å²) >= 11 is 0.824. The van der Waals surface area contributed by atoms with Crippen molar-refractivity contribution < 1.29 is 23.1 Å². The lowest BCUT2D eigenvalue weighted by Gasteiger charge is -2.10. The van der Waals surface area contributed by atoms with Gasteiger partial charge < -0.3 is 5.11 Å². The molecule has 0 radical (unpaired) electrons. The fourth-order valence-electron chi connectivity index (χ4n) is 1.07. The largest absolute Gasteiger partial charge is 0.481 e. The van der Waals surface area contributed by atoms with Gasteiger partial charge in [0.25, 0.3) is 0 Å². The first kappa shape index (κ1) is 15.3. The van der Waals surface area contributed by atoms with Gasteiger partial charge in [0.1, 0.15) is 16.8 Å². The summed E-state index contributed by atoms with van der Waals surface area (Å²) in [5.74, 6) is -1.76. The number of carboxylic acids is 1. The van der Waals surface area contributed by atoms with E-state index in [2.05, 4.69) is 4.98 Å². The molecule has 0 aliphatic rings. The molecule has 0 fully saturated rings. The molecule has 1 unspecified atom stereocenters. The van der Waals surface area contributed by atoms with E-state index in [9.17, 15) is 18.0 Å². The summed E-state index contributed by atoms with van der Waals surface area (Å²) in [4.78, 5) is 14.0. The standard InChI is InChI=1S/C11H9F3N2O2S/c1-6(10(17)18)5-19-9-7(4-15)2-3-8(16-9)11(12,13)14/h2-3,6H,5H2,1H3,(H,17,18). The van der Waals surface area contributed by atoms with Gasteiger partial charge in [-0.25, -0.2) is 4.98 Å². The van der Waals surface area contributed by atoms with Crippen molar-refractivity contribution in [1.82, 2.24) is 4.98 Å². The Morgan fingerprint density at radius 3 is 2.68 bits per heavy atom. The van der Waals surface area contributed by atoms with Crippen molar-refractivity contribution in [2.75, 3.05) is 5.75 Å². The molecular formula is C11H9F3N2O2S. The SMILES string of the molecule is CC(CSc1nc(C(F)(F)F)ccc1C#N)C(=O)O. The summed E-state index contributed by atoms with van der Waals surface area (Å²) in [7, 11) is 0. The first-order valence-electron chi connectivity index (χ1n) is 5.09. The van der Waals surface area contributed by atoms with Crippen molar-refractivity contribution in [3.05, 3.63) is 23.4 Å². The van der Waals surface area contributed by atoms with E-state index in [0.29, 0.717) is 0 Å². The molecule has 1 N–H and O–H groups in total. The van der Waals surface area contributed by atoms with Crippen molar-refractivity contribution in [3.8, 4) is 6.07 Å². The van der Waals surface area contributed by atoms with E-state index in [1.165, 1.54) is 6.92 Å². The summed E-state index contributed by atoms with van der Waals surface area (Å²) in [6.45, 7) is 1.43. The molecule has 4 nitrogen and oxygen atoms in total. The molecule has 1 aromatic rings. The van der Waals surface area contributed by atoms with E-state index in [-0.39, 0.29) is 16.3 Å². The summed E-state index contributed by atoms with van der Waals surface area (Å²) < 4.78 is 37.4. The number of rotatable bonds is 4. The normalized spacial score (nSPS) is 12.8. The average molecular weight is 290 g/mol. The summed E-state index contributed by atoms with van der Waals surface area (Å²) in [6, 6.07) is 3.49. The fraction of sp³-hybridized carbons (Fsp3) is 0.364. The molecule has 0 spiro atoms. The van der Waals surface area contributed by atoms with Crippen LogP contribution >= 0.6 is 11.8 Å². The Labute approximate surface area is 111 Å². The Kier molecular flexibility index (Phi) is 4.78. The molecule has 1 heterocycles. The molecule has 0 amide bonds. The molecule has 0 aliphatic carbocycles. The van der Waals surface area contributed by atoms with Gasteiger partial charge in [-0.15, -0.1) is 11.8 Å². The monoisotopic (exact) mass is 290 g/mol. The Bertz CT molecular complexity index is 526. The van der Waals surface area contributed by atoms with Gasteiger partial charge in [-0.05, 0) is 12.1 Å². The number of carboxylic acid groups (broad SMARTS) is 1. The maximum absolute atomic E-state index is 12.5. The van der Waals surface area contributed by atoms with Crippen LogP contribution in [0.25, 0.3) is 0 Å². The van der Waals surface area contributed by atoms with E-state index in [4.69, 9.17) is 10.4 Å². The van der Waals surface area contributed by atoms with E-state index in [1.54, 1.807) is 6.07 Å². The molecule has 0 bridgehead atoms. The van der Waals surface area contributed by atoms with Gasteiger partial charge in [0.15, 0.2) is 0 Å². The molecule has 102 valence electrons. The molecule has 8 heteroatoms. The van der Waals surface area contributed by atoms with Gasteiger partial charge in [-0.1, -0.05) is 6.92 Å². The second-order valence-electron chi connectivity index (χ2n) is 3.71. The van der Waals surface area contributed by atoms with E-state index in [1.807, 2.05) is 0 Å². The molecule has 0 aromatic carbocycles. The van der Waals surface area contributed by atoms with Gasteiger partial charge in [0, 0.05) is 5.75 Å². The second kappa shape index (κ2) is 5.93. The topological polar surface area (TPSA) is 74.0 Å². The van der Waals surface area contributed by atoms with E-state index in [0.717, 1.165) is 23.9 Å². The third-order valence-corrected chi connectivity index (χ3v) is 3.41. The van der Waals surface area contributed by atoms with Crippen LogP contribution in [0, 0.1) is 17.2 Å². The first-order valence-corrected chi connectivity index (χ1v) is 6.08. The Balaban J connectivity index is 2.98. The van der Waals surface area contributed by atoms with Crippen molar-refractivity contribution in [1.29, 1.82) is 5.26 Å². The highest BCUT2D eigenvalue weighted by molar-refractivity contribution is 7.99. The van der Waals surface area contributed by atoms with E-state index < -0.39 is 23.8 Å². The summed E-state index contributed by atoms with van der Waals surface area (Å²) in [5.41, 5.74) is -1.10. The maximum Gasteiger partial charge on any atom is 0.433 e. The summed E-state index contributed by atoms with van der Waals surface area (Å²) in [6.07, 6.45) is -4.60. The molecule has 1 aromatic heterocycles. The predicted molar refractivity (Wildman–Crippen MR) is 61.5 cm³/mol. The van der Waals surface area contributed by atoms with Gasteiger partial charge in [0.2, 0.25) is 0 Å². The number of nitriles is 1. The van der Waals surface area contributed by atoms with Crippen LogP contribution < -0.4 is 0 Å². The molecule has 0 saturated heterocycles. The quantitative estimate of drug-likeness (QED) is 0.863. The second-order valence-corrected chi connectivity index (χ2v) is 4.72. The number of hydrogen-bond acceptors (Lipinski definition) is 4. The lowest BCUT2D eigenvalue weighted by Crippen LogP contribution is -2.13. The zero-order chi connectivity index (χ0) is 14.6. The van der Waals surface area contributed by atoms with Crippen LogP contribution in [0.1, 0.15) is 18.2 Å². The minimum atomic E-state index is -4.60. The third kappa shape index (κ3) is 4.13. The molecular weight excluding hydrogens is 281 g/mol. The van der Waals surface area contributed by atoms with Crippen molar-refractivity contribution in [2.24, 2.45) is 5.92 Å². The third-order valence-electron chi connectivity index (χ3n) is 2.16. The predicted octanol–water partition coefficient (Wildman–Crippen LogP) is 2.78. The number of hydrogen-bond donors (Lipinski definition) is 1. The zero-order valence-electron chi connectivity index (χ0n) is 9.73. The van der Waals surface area contributed by atoms with Gasteiger partial charge in [-0.2, -0.15) is 18.4 Å².